The van der Waals surface area contributed by atoms with Crippen molar-refractivity contribution in [3.8, 4) is 22.9 Å². The fraction of sp³-hybridized carbons (Fsp3) is 0.150. The Morgan fingerprint density at radius 1 is 1.13 bits per heavy atom. The van der Waals surface area contributed by atoms with E-state index in [-0.39, 0.29) is 18.2 Å². The van der Waals surface area contributed by atoms with Gasteiger partial charge >= 0.3 is 12.3 Å². The average molecular weight is 420 g/mol. The van der Waals surface area contributed by atoms with Crippen LogP contribution >= 0.6 is 0 Å². The van der Waals surface area contributed by atoms with Crippen LogP contribution in [0.3, 0.4) is 0 Å². The van der Waals surface area contributed by atoms with Crippen molar-refractivity contribution < 1.29 is 36.7 Å². The van der Waals surface area contributed by atoms with Gasteiger partial charge in [0.1, 0.15) is 11.5 Å². The molecule has 0 unspecified atom stereocenters. The van der Waals surface area contributed by atoms with Crippen molar-refractivity contribution in [3.63, 3.8) is 0 Å². The zero-order valence-electron chi connectivity index (χ0n) is 15.6. The second-order valence-corrected chi connectivity index (χ2v) is 5.80. The van der Waals surface area contributed by atoms with Gasteiger partial charge < -0.3 is 18.7 Å². The van der Waals surface area contributed by atoms with Gasteiger partial charge in [-0.1, -0.05) is 29.4 Å². The molecular weight excluding hydrogens is 405 g/mol. The van der Waals surface area contributed by atoms with Crippen LogP contribution in [-0.2, 0) is 16.1 Å². The predicted molar refractivity (Wildman–Crippen MR) is 98.2 cm³/mol. The van der Waals surface area contributed by atoms with Crippen molar-refractivity contribution in [2.75, 3.05) is 7.11 Å². The lowest BCUT2D eigenvalue weighted by molar-refractivity contribution is -0.274. The van der Waals surface area contributed by atoms with E-state index in [1.807, 2.05) is 0 Å². The highest BCUT2D eigenvalue weighted by atomic mass is 19.4. The van der Waals surface area contributed by atoms with E-state index in [1.54, 1.807) is 31.4 Å². The Morgan fingerprint density at radius 3 is 2.60 bits per heavy atom. The largest absolute Gasteiger partial charge is 0.573 e. The molecule has 0 aliphatic carbocycles. The van der Waals surface area contributed by atoms with Gasteiger partial charge in [0.15, 0.2) is 6.61 Å². The van der Waals surface area contributed by atoms with Gasteiger partial charge in [0.25, 0.3) is 5.89 Å². The van der Waals surface area contributed by atoms with Crippen molar-refractivity contribution >= 4 is 12.0 Å². The molecule has 0 aliphatic rings. The molecule has 0 bridgehead atoms. The number of carbonyl (C=O) groups excluding carboxylic acids is 1. The summed E-state index contributed by atoms with van der Waals surface area (Å²) in [5.74, 6) is 0.00510. The Kier molecular flexibility index (Phi) is 6.35. The molecule has 2 aromatic carbocycles. The van der Waals surface area contributed by atoms with Crippen LogP contribution < -0.4 is 9.47 Å². The molecule has 1 aromatic heterocycles. The third kappa shape index (κ3) is 6.09. The molecule has 7 nitrogen and oxygen atoms in total. The smallest absolute Gasteiger partial charge is 0.497 e. The fourth-order valence-corrected chi connectivity index (χ4v) is 2.32. The van der Waals surface area contributed by atoms with Crippen LogP contribution in [0.4, 0.5) is 13.2 Å². The van der Waals surface area contributed by atoms with E-state index in [4.69, 9.17) is 14.0 Å². The lowest BCUT2D eigenvalue weighted by Crippen LogP contribution is -2.16. The summed E-state index contributed by atoms with van der Waals surface area (Å²) in [7, 11) is 1.54. The van der Waals surface area contributed by atoms with Gasteiger partial charge in [-0.05, 0) is 35.9 Å². The number of nitrogens with zero attached hydrogens (tertiary/aromatic N) is 2. The van der Waals surface area contributed by atoms with E-state index in [2.05, 4.69) is 14.9 Å². The first-order valence-electron chi connectivity index (χ1n) is 8.50. The quantitative estimate of drug-likeness (QED) is 0.414. The average Bonchev–Trinajstić information content (AvgIpc) is 3.20. The summed E-state index contributed by atoms with van der Waals surface area (Å²) in [5, 5.41) is 3.82. The van der Waals surface area contributed by atoms with Crippen LogP contribution in [0.15, 0.2) is 59.1 Å². The van der Waals surface area contributed by atoms with Crippen molar-refractivity contribution in [1.82, 2.24) is 10.1 Å². The lowest BCUT2D eigenvalue weighted by atomic mass is 10.2. The fourth-order valence-electron chi connectivity index (χ4n) is 2.32. The molecule has 0 saturated heterocycles. The van der Waals surface area contributed by atoms with Gasteiger partial charge in [0, 0.05) is 11.6 Å². The van der Waals surface area contributed by atoms with Gasteiger partial charge in [0.2, 0.25) is 5.82 Å². The SMILES string of the molecule is COc1cccc(-c2noc(COC(=O)/C=C/c3ccc(OC(F)(F)F)cc3)n2)c1. The molecule has 1 heterocycles. The minimum absolute atomic E-state index is 0.100. The second-order valence-electron chi connectivity index (χ2n) is 5.80. The van der Waals surface area contributed by atoms with Crippen LogP contribution in [0.5, 0.6) is 11.5 Å². The molecule has 0 fully saturated rings. The Hall–Kier alpha value is -3.82. The number of halogens is 3. The Bertz CT molecular complexity index is 1030. The summed E-state index contributed by atoms with van der Waals surface area (Å²) in [5.41, 5.74) is 1.16. The minimum Gasteiger partial charge on any atom is -0.497 e. The first kappa shape index (κ1) is 20.9. The summed E-state index contributed by atoms with van der Waals surface area (Å²) in [4.78, 5) is 16.0. The van der Waals surface area contributed by atoms with Gasteiger partial charge in [-0.3, -0.25) is 0 Å². The van der Waals surface area contributed by atoms with Crippen LogP contribution in [0.2, 0.25) is 0 Å². The van der Waals surface area contributed by atoms with Crippen molar-refractivity contribution in [1.29, 1.82) is 0 Å². The second kappa shape index (κ2) is 9.12. The molecule has 3 aromatic rings. The van der Waals surface area contributed by atoms with Crippen molar-refractivity contribution in [3.05, 3.63) is 66.1 Å². The standard InChI is InChI=1S/C20H15F3N2O5/c1-27-16-4-2-3-14(11-16)19-24-17(30-25-19)12-28-18(26)10-7-13-5-8-15(9-6-13)29-20(21,22)23/h2-11H,12H2,1H3/b10-7+. The molecule has 0 N–H and O–H groups in total. The third-order valence-electron chi connectivity index (χ3n) is 3.66. The molecule has 156 valence electrons. The van der Waals surface area contributed by atoms with Crippen LogP contribution in [0, 0.1) is 0 Å². The minimum atomic E-state index is -4.76. The third-order valence-corrected chi connectivity index (χ3v) is 3.66. The maximum Gasteiger partial charge on any atom is 0.573 e. The molecule has 0 aliphatic heterocycles. The maximum atomic E-state index is 12.1. The van der Waals surface area contributed by atoms with Crippen molar-refractivity contribution in [2.24, 2.45) is 0 Å². The number of carbonyl (C=O) groups is 1. The van der Waals surface area contributed by atoms with E-state index >= 15 is 0 Å². The summed E-state index contributed by atoms with van der Waals surface area (Å²) in [6, 6.07) is 12.1. The number of esters is 1. The lowest BCUT2D eigenvalue weighted by Gasteiger charge is -2.08. The van der Waals surface area contributed by atoms with E-state index in [0.717, 1.165) is 18.2 Å². The van der Waals surface area contributed by atoms with E-state index in [1.165, 1.54) is 18.2 Å². The zero-order valence-corrected chi connectivity index (χ0v) is 15.6. The zero-order chi connectivity index (χ0) is 21.6. The topological polar surface area (TPSA) is 83.7 Å². The predicted octanol–water partition coefficient (Wildman–Crippen LogP) is 4.40. The van der Waals surface area contributed by atoms with Gasteiger partial charge in [-0.2, -0.15) is 4.98 Å². The monoisotopic (exact) mass is 420 g/mol. The number of aromatic nitrogens is 2. The Balaban J connectivity index is 1.53. The molecule has 0 radical (unpaired) electrons. The summed E-state index contributed by atoms with van der Waals surface area (Å²) >= 11 is 0. The highest BCUT2D eigenvalue weighted by Crippen LogP contribution is 2.23. The van der Waals surface area contributed by atoms with E-state index < -0.39 is 12.3 Å². The van der Waals surface area contributed by atoms with Gasteiger partial charge in [-0.25, -0.2) is 4.79 Å². The molecule has 10 heteroatoms. The summed E-state index contributed by atoms with van der Waals surface area (Å²) < 4.78 is 55.4. The normalized spacial score (nSPS) is 11.5. The number of rotatable bonds is 7. The van der Waals surface area contributed by atoms with Crippen LogP contribution in [0.25, 0.3) is 17.5 Å². The molecule has 0 saturated carbocycles. The Morgan fingerprint density at radius 2 is 1.90 bits per heavy atom. The summed E-state index contributed by atoms with van der Waals surface area (Å²) in [6.07, 6.45) is -2.25. The highest BCUT2D eigenvalue weighted by Gasteiger charge is 2.30. The maximum absolute atomic E-state index is 12.1. The summed E-state index contributed by atoms with van der Waals surface area (Å²) in [6.45, 7) is -0.238. The molecule has 0 atom stereocenters. The molecule has 3 rings (SSSR count). The number of benzene rings is 2. The van der Waals surface area contributed by atoms with Crippen molar-refractivity contribution in [2.45, 2.75) is 13.0 Å². The number of alkyl halides is 3. The first-order chi connectivity index (χ1) is 14.3. The first-order valence-corrected chi connectivity index (χ1v) is 8.50. The van der Waals surface area contributed by atoms with Crippen LogP contribution in [0.1, 0.15) is 11.5 Å². The molecular formula is C20H15F3N2O5. The van der Waals surface area contributed by atoms with Gasteiger partial charge in [-0.15, -0.1) is 13.2 Å². The molecule has 0 spiro atoms. The molecule has 30 heavy (non-hydrogen) atoms. The Labute approximate surface area is 168 Å². The van der Waals surface area contributed by atoms with E-state index in [9.17, 15) is 18.0 Å². The van der Waals surface area contributed by atoms with Crippen LogP contribution in [-0.4, -0.2) is 29.6 Å². The number of hydrogen-bond acceptors (Lipinski definition) is 7. The molecule has 0 amide bonds. The number of methoxy groups -OCH3 is 1. The van der Waals surface area contributed by atoms with E-state index in [0.29, 0.717) is 22.7 Å². The number of ether oxygens (including phenoxy) is 3. The van der Waals surface area contributed by atoms with Gasteiger partial charge in [0.05, 0.1) is 7.11 Å². The number of hydrogen-bond donors (Lipinski definition) is 0. The highest BCUT2D eigenvalue weighted by molar-refractivity contribution is 5.87.